The fraction of sp³-hybridized carbons (Fsp3) is 0.385. The minimum atomic E-state index is -1.17. The lowest BCUT2D eigenvalue weighted by Gasteiger charge is -2.22. The number of carbonyl (C=O) groups excluding carboxylic acids is 1. The SMILES string of the molecule is CCN(C(=O)NCC(OC)C(=O)O)c1cccc(F)c1. The van der Waals surface area contributed by atoms with E-state index in [4.69, 9.17) is 9.84 Å². The second-order valence-corrected chi connectivity index (χ2v) is 3.97. The molecule has 1 aromatic rings. The highest BCUT2D eigenvalue weighted by Crippen LogP contribution is 2.15. The molecule has 6 nitrogen and oxygen atoms in total. The Morgan fingerprint density at radius 2 is 2.20 bits per heavy atom. The molecule has 0 bridgehead atoms. The standard InChI is InChI=1S/C13H17FN2O4/c1-3-16(10-6-4-5-9(14)7-10)13(19)15-8-11(20-2)12(17)18/h4-7,11H,3,8H2,1-2H3,(H,15,19)(H,17,18). The van der Waals surface area contributed by atoms with E-state index in [2.05, 4.69) is 5.32 Å². The number of nitrogens with zero attached hydrogens (tertiary/aromatic N) is 1. The minimum Gasteiger partial charge on any atom is -0.479 e. The number of halogens is 1. The molecule has 20 heavy (non-hydrogen) atoms. The van der Waals surface area contributed by atoms with Crippen LogP contribution in [0.4, 0.5) is 14.9 Å². The van der Waals surface area contributed by atoms with Gasteiger partial charge in [0.05, 0.1) is 6.54 Å². The van der Waals surface area contributed by atoms with Crippen LogP contribution in [0.25, 0.3) is 0 Å². The van der Waals surface area contributed by atoms with Gasteiger partial charge in [0.1, 0.15) is 5.82 Å². The van der Waals surface area contributed by atoms with Crippen molar-refractivity contribution in [1.29, 1.82) is 0 Å². The lowest BCUT2D eigenvalue weighted by atomic mass is 10.3. The Bertz CT molecular complexity index is 481. The van der Waals surface area contributed by atoms with Crippen LogP contribution in [0.3, 0.4) is 0 Å². The van der Waals surface area contributed by atoms with E-state index in [1.54, 1.807) is 13.0 Å². The maximum Gasteiger partial charge on any atom is 0.334 e. The molecule has 2 amide bonds. The molecule has 0 spiro atoms. The Labute approximate surface area is 116 Å². The van der Waals surface area contributed by atoms with Gasteiger partial charge in [-0.1, -0.05) is 6.07 Å². The number of ether oxygens (including phenoxy) is 1. The van der Waals surface area contributed by atoms with Crippen LogP contribution in [0.1, 0.15) is 6.92 Å². The van der Waals surface area contributed by atoms with Gasteiger partial charge in [0.2, 0.25) is 0 Å². The van der Waals surface area contributed by atoms with Crippen molar-refractivity contribution < 1.29 is 23.8 Å². The zero-order chi connectivity index (χ0) is 15.1. The predicted octanol–water partition coefficient (Wildman–Crippen LogP) is 1.46. The van der Waals surface area contributed by atoms with Gasteiger partial charge in [-0.3, -0.25) is 4.90 Å². The van der Waals surface area contributed by atoms with Crippen LogP contribution in [0.5, 0.6) is 0 Å². The molecule has 0 aromatic heterocycles. The summed E-state index contributed by atoms with van der Waals surface area (Å²) >= 11 is 0. The summed E-state index contributed by atoms with van der Waals surface area (Å²) in [7, 11) is 1.25. The largest absolute Gasteiger partial charge is 0.479 e. The number of aliphatic carboxylic acids is 1. The van der Waals surface area contributed by atoms with E-state index in [9.17, 15) is 14.0 Å². The molecule has 7 heteroatoms. The average Bonchev–Trinajstić information content (AvgIpc) is 2.40. The predicted molar refractivity (Wildman–Crippen MR) is 71.3 cm³/mol. The molecule has 0 saturated carbocycles. The fourth-order valence-corrected chi connectivity index (χ4v) is 1.63. The number of anilines is 1. The van der Waals surface area contributed by atoms with E-state index in [0.717, 1.165) is 0 Å². The Morgan fingerprint density at radius 1 is 1.50 bits per heavy atom. The monoisotopic (exact) mass is 284 g/mol. The zero-order valence-electron chi connectivity index (χ0n) is 11.3. The van der Waals surface area contributed by atoms with Crippen molar-refractivity contribution in [2.45, 2.75) is 13.0 Å². The van der Waals surface area contributed by atoms with E-state index in [0.29, 0.717) is 12.2 Å². The van der Waals surface area contributed by atoms with Crippen LogP contribution in [-0.4, -0.2) is 43.4 Å². The summed E-state index contributed by atoms with van der Waals surface area (Å²) in [4.78, 5) is 24.0. The van der Waals surface area contributed by atoms with Crippen LogP contribution in [0, 0.1) is 5.82 Å². The summed E-state index contributed by atoms with van der Waals surface area (Å²) in [5.74, 6) is -1.62. The van der Waals surface area contributed by atoms with Crippen molar-refractivity contribution in [2.75, 3.05) is 25.1 Å². The third-order valence-electron chi connectivity index (χ3n) is 2.68. The van der Waals surface area contributed by atoms with Gasteiger partial charge in [0, 0.05) is 19.3 Å². The Kier molecular flexibility index (Phi) is 5.92. The van der Waals surface area contributed by atoms with Crippen molar-refractivity contribution >= 4 is 17.7 Å². The lowest BCUT2D eigenvalue weighted by Crippen LogP contribution is -2.45. The van der Waals surface area contributed by atoms with Gasteiger partial charge in [-0.25, -0.2) is 14.0 Å². The van der Waals surface area contributed by atoms with Crippen molar-refractivity contribution in [1.82, 2.24) is 5.32 Å². The fourth-order valence-electron chi connectivity index (χ4n) is 1.63. The number of amides is 2. The van der Waals surface area contributed by atoms with Gasteiger partial charge in [-0.05, 0) is 25.1 Å². The Balaban J connectivity index is 2.71. The van der Waals surface area contributed by atoms with Crippen LogP contribution < -0.4 is 10.2 Å². The van der Waals surface area contributed by atoms with Gasteiger partial charge in [0.25, 0.3) is 0 Å². The highest BCUT2D eigenvalue weighted by atomic mass is 19.1. The number of hydrogen-bond acceptors (Lipinski definition) is 3. The van der Waals surface area contributed by atoms with Gasteiger partial charge in [-0.2, -0.15) is 0 Å². The van der Waals surface area contributed by atoms with Crippen LogP contribution in [-0.2, 0) is 9.53 Å². The minimum absolute atomic E-state index is 0.170. The van der Waals surface area contributed by atoms with Gasteiger partial charge >= 0.3 is 12.0 Å². The second-order valence-electron chi connectivity index (χ2n) is 3.97. The highest BCUT2D eigenvalue weighted by Gasteiger charge is 2.20. The number of urea groups is 1. The molecule has 1 atom stereocenters. The maximum absolute atomic E-state index is 13.1. The van der Waals surface area contributed by atoms with E-state index in [-0.39, 0.29) is 6.54 Å². The number of methoxy groups -OCH3 is 1. The van der Waals surface area contributed by atoms with Crippen molar-refractivity contribution in [3.05, 3.63) is 30.1 Å². The second kappa shape index (κ2) is 7.44. The molecule has 0 saturated heterocycles. The van der Waals surface area contributed by atoms with E-state index >= 15 is 0 Å². The maximum atomic E-state index is 13.1. The molecule has 0 aliphatic rings. The first-order valence-corrected chi connectivity index (χ1v) is 6.06. The number of rotatable bonds is 6. The Hall–Kier alpha value is -2.15. The number of carbonyl (C=O) groups is 2. The summed E-state index contributed by atoms with van der Waals surface area (Å²) in [5.41, 5.74) is 0.397. The first-order chi connectivity index (χ1) is 9.49. The molecule has 1 aromatic carbocycles. The molecule has 0 heterocycles. The quantitative estimate of drug-likeness (QED) is 0.829. The third-order valence-corrected chi connectivity index (χ3v) is 2.68. The molecule has 2 N–H and O–H groups in total. The number of nitrogens with one attached hydrogen (secondary N) is 1. The normalized spacial score (nSPS) is 11.8. The highest BCUT2D eigenvalue weighted by molar-refractivity contribution is 5.92. The van der Waals surface area contributed by atoms with Gasteiger partial charge < -0.3 is 15.2 Å². The summed E-state index contributed by atoms with van der Waals surface area (Å²) in [6, 6.07) is 5.09. The molecular formula is C13H17FN2O4. The summed E-state index contributed by atoms with van der Waals surface area (Å²) in [5, 5.41) is 11.2. The van der Waals surface area contributed by atoms with Gasteiger partial charge in [0.15, 0.2) is 6.10 Å². The van der Waals surface area contributed by atoms with Gasteiger partial charge in [-0.15, -0.1) is 0 Å². The Morgan fingerprint density at radius 3 is 2.70 bits per heavy atom. The lowest BCUT2D eigenvalue weighted by molar-refractivity contribution is -0.147. The first kappa shape index (κ1) is 15.9. The molecule has 0 aliphatic carbocycles. The molecule has 1 rings (SSSR count). The van der Waals surface area contributed by atoms with E-state index in [1.165, 1.54) is 30.2 Å². The van der Waals surface area contributed by atoms with Crippen molar-refractivity contribution in [2.24, 2.45) is 0 Å². The van der Waals surface area contributed by atoms with Crippen molar-refractivity contribution in [3.8, 4) is 0 Å². The van der Waals surface area contributed by atoms with Crippen LogP contribution >= 0.6 is 0 Å². The first-order valence-electron chi connectivity index (χ1n) is 6.06. The van der Waals surface area contributed by atoms with E-state index in [1.807, 2.05) is 0 Å². The molecule has 1 unspecified atom stereocenters. The topological polar surface area (TPSA) is 78.9 Å². The number of benzene rings is 1. The molecule has 110 valence electrons. The summed E-state index contributed by atoms with van der Waals surface area (Å²) in [6.07, 6.45) is -1.12. The zero-order valence-corrected chi connectivity index (χ0v) is 11.3. The molecule has 0 fully saturated rings. The smallest absolute Gasteiger partial charge is 0.334 e. The van der Waals surface area contributed by atoms with Crippen molar-refractivity contribution in [3.63, 3.8) is 0 Å². The van der Waals surface area contributed by atoms with E-state index < -0.39 is 23.9 Å². The molecule has 0 radical (unpaired) electrons. The number of carboxylic acids is 1. The molecular weight excluding hydrogens is 267 g/mol. The number of hydrogen-bond donors (Lipinski definition) is 2. The van der Waals surface area contributed by atoms with Crippen LogP contribution in [0.15, 0.2) is 24.3 Å². The van der Waals surface area contributed by atoms with Crippen LogP contribution in [0.2, 0.25) is 0 Å². The third kappa shape index (κ3) is 4.20. The summed E-state index contributed by atoms with van der Waals surface area (Å²) in [6.45, 7) is 1.88. The number of carboxylic acid groups (broad SMARTS) is 1. The molecule has 0 aliphatic heterocycles. The summed E-state index contributed by atoms with van der Waals surface area (Å²) < 4.78 is 17.9. The average molecular weight is 284 g/mol.